The molecular weight excluding hydrogens is 362 g/mol. The SMILES string of the molecule is C[N+](C)(C)CC(CC(=O)[O-])OC(=O)CCCCCCC/C=C/C=C/CC(=O)O. The van der Waals surface area contributed by atoms with E-state index in [1.807, 2.05) is 33.3 Å². The third-order valence-electron chi connectivity index (χ3n) is 3.87. The Bertz CT molecular complexity index is 534. The van der Waals surface area contributed by atoms with Gasteiger partial charge in [0.15, 0.2) is 6.10 Å². The minimum absolute atomic E-state index is 0.0377. The van der Waals surface area contributed by atoms with E-state index >= 15 is 0 Å². The molecule has 1 unspecified atom stereocenters. The molecule has 0 amide bonds. The van der Waals surface area contributed by atoms with E-state index in [0.717, 1.165) is 38.5 Å². The number of carbonyl (C=O) groups excluding carboxylic acids is 2. The second kappa shape index (κ2) is 14.9. The van der Waals surface area contributed by atoms with Crippen LogP contribution < -0.4 is 5.11 Å². The topological polar surface area (TPSA) is 104 Å². The Morgan fingerprint density at radius 2 is 1.61 bits per heavy atom. The second-order valence-electron chi connectivity index (χ2n) is 7.92. The molecule has 0 rings (SSSR count). The highest BCUT2D eigenvalue weighted by Crippen LogP contribution is 2.11. The van der Waals surface area contributed by atoms with Crippen LogP contribution in [0.4, 0.5) is 0 Å². The Balaban J connectivity index is 3.82. The predicted molar refractivity (Wildman–Crippen MR) is 105 cm³/mol. The molecule has 0 aromatic rings. The fourth-order valence-electron chi connectivity index (χ4n) is 2.67. The molecule has 0 aliphatic carbocycles. The molecular formula is C21H35NO6. The fraction of sp³-hybridized carbons (Fsp3) is 0.667. The van der Waals surface area contributed by atoms with Gasteiger partial charge in [0.05, 0.1) is 27.6 Å². The molecule has 7 nitrogen and oxygen atoms in total. The van der Waals surface area contributed by atoms with E-state index in [2.05, 4.69) is 0 Å². The zero-order valence-corrected chi connectivity index (χ0v) is 17.4. The number of unbranched alkanes of at least 4 members (excludes halogenated alkanes) is 5. The lowest BCUT2D eigenvalue weighted by Crippen LogP contribution is -2.45. The van der Waals surface area contributed by atoms with E-state index in [-0.39, 0.29) is 18.8 Å². The highest BCUT2D eigenvalue weighted by atomic mass is 16.5. The summed E-state index contributed by atoms with van der Waals surface area (Å²) in [5.41, 5.74) is 0. The Morgan fingerprint density at radius 3 is 2.21 bits per heavy atom. The van der Waals surface area contributed by atoms with Crippen LogP contribution in [-0.4, -0.2) is 61.3 Å². The van der Waals surface area contributed by atoms with Gasteiger partial charge in [-0.15, -0.1) is 0 Å². The number of nitrogens with zero attached hydrogens (tertiary/aromatic N) is 1. The molecule has 0 aromatic carbocycles. The first-order valence-corrected chi connectivity index (χ1v) is 9.83. The number of allylic oxidation sites excluding steroid dienone is 3. The summed E-state index contributed by atoms with van der Waals surface area (Å²) in [4.78, 5) is 33.1. The van der Waals surface area contributed by atoms with Gasteiger partial charge < -0.3 is 24.2 Å². The van der Waals surface area contributed by atoms with Crippen LogP contribution in [0.15, 0.2) is 24.3 Å². The van der Waals surface area contributed by atoms with Crippen LogP contribution in [0.25, 0.3) is 0 Å². The highest BCUT2D eigenvalue weighted by molar-refractivity contribution is 5.71. The summed E-state index contributed by atoms with van der Waals surface area (Å²) in [7, 11) is 5.74. The Morgan fingerprint density at radius 1 is 1.00 bits per heavy atom. The summed E-state index contributed by atoms with van der Waals surface area (Å²) in [5.74, 6) is -2.40. The van der Waals surface area contributed by atoms with Gasteiger partial charge in [-0.1, -0.05) is 43.6 Å². The molecule has 0 bridgehead atoms. The van der Waals surface area contributed by atoms with Crippen molar-refractivity contribution in [2.45, 2.75) is 63.9 Å². The van der Waals surface area contributed by atoms with Gasteiger partial charge in [-0.05, 0) is 19.3 Å². The van der Waals surface area contributed by atoms with Gasteiger partial charge in [0.25, 0.3) is 0 Å². The van der Waals surface area contributed by atoms with Crippen molar-refractivity contribution < 1.29 is 33.8 Å². The van der Waals surface area contributed by atoms with Crippen molar-refractivity contribution in [1.82, 2.24) is 0 Å². The van der Waals surface area contributed by atoms with Gasteiger partial charge in [-0.3, -0.25) is 9.59 Å². The zero-order valence-electron chi connectivity index (χ0n) is 17.4. The number of carboxylic acid groups (broad SMARTS) is 2. The van der Waals surface area contributed by atoms with Crippen molar-refractivity contribution >= 4 is 17.9 Å². The number of aliphatic carboxylic acids is 2. The molecule has 7 heteroatoms. The third kappa shape index (κ3) is 18.6. The highest BCUT2D eigenvalue weighted by Gasteiger charge is 2.22. The number of esters is 1. The number of carboxylic acids is 2. The van der Waals surface area contributed by atoms with E-state index in [4.69, 9.17) is 9.84 Å². The summed E-state index contributed by atoms with van der Waals surface area (Å²) in [6.45, 7) is 0.429. The largest absolute Gasteiger partial charge is 0.550 e. The Kier molecular flexibility index (Phi) is 13.7. The van der Waals surface area contributed by atoms with Crippen molar-refractivity contribution in [3.05, 3.63) is 24.3 Å². The van der Waals surface area contributed by atoms with Crippen LogP contribution >= 0.6 is 0 Å². The second-order valence-corrected chi connectivity index (χ2v) is 7.92. The van der Waals surface area contributed by atoms with Crippen molar-refractivity contribution in [2.75, 3.05) is 27.7 Å². The number of hydrogen-bond donors (Lipinski definition) is 1. The lowest BCUT2D eigenvalue weighted by Gasteiger charge is -2.29. The molecule has 160 valence electrons. The van der Waals surface area contributed by atoms with Crippen molar-refractivity contribution in [2.24, 2.45) is 0 Å². The van der Waals surface area contributed by atoms with E-state index in [1.165, 1.54) is 0 Å². The van der Waals surface area contributed by atoms with Gasteiger partial charge in [0.2, 0.25) is 0 Å². The number of rotatable bonds is 16. The smallest absolute Gasteiger partial charge is 0.307 e. The molecule has 0 fully saturated rings. The Hall–Kier alpha value is -2.15. The molecule has 1 N–H and O–H groups in total. The molecule has 0 spiro atoms. The minimum Gasteiger partial charge on any atom is -0.550 e. The summed E-state index contributed by atoms with van der Waals surface area (Å²) in [6, 6.07) is 0. The monoisotopic (exact) mass is 397 g/mol. The first-order chi connectivity index (χ1) is 13.1. The van der Waals surface area contributed by atoms with E-state index in [0.29, 0.717) is 17.4 Å². The number of carbonyl (C=O) groups is 3. The molecule has 1 atom stereocenters. The van der Waals surface area contributed by atoms with Crippen LogP contribution in [0.5, 0.6) is 0 Å². The van der Waals surface area contributed by atoms with Crippen LogP contribution in [-0.2, 0) is 19.1 Å². The van der Waals surface area contributed by atoms with E-state index in [9.17, 15) is 19.5 Å². The van der Waals surface area contributed by atoms with Gasteiger partial charge in [-0.25, -0.2) is 0 Å². The quantitative estimate of drug-likeness (QED) is 0.185. The lowest BCUT2D eigenvalue weighted by atomic mass is 10.1. The molecule has 0 aliphatic rings. The van der Waals surface area contributed by atoms with Crippen LogP contribution in [0, 0.1) is 0 Å². The fourth-order valence-corrected chi connectivity index (χ4v) is 2.67. The maximum Gasteiger partial charge on any atom is 0.307 e. The molecule has 0 saturated heterocycles. The summed E-state index contributed by atoms with van der Waals surface area (Å²) >= 11 is 0. The normalized spacial score (nSPS) is 13.1. The zero-order chi connectivity index (χ0) is 21.4. The van der Waals surface area contributed by atoms with E-state index < -0.39 is 18.0 Å². The molecule has 0 heterocycles. The van der Waals surface area contributed by atoms with Crippen LogP contribution in [0.2, 0.25) is 0 Å². The first-order valence-electron chi connectivity index (χ1n) is 9.83. The predicted octanol–water partition coefficient (Wildman–Crippen LogP) is 2.06. The third-order valence-corrected chi connectivity index (χ3v) is 3.87. The standard InChI is InChI=1S/C21H35NO6/c1-22(2,3)17-18(16-20(25)26)28-21(27)15-13-11-9-7-5-4-6-8-10-12-14-19(23)24/h6,8,10,12,18H,4-5,7,9,11,13-17H2,1-3H3,(H-,23,24,25,26)/b8-6+,12-10+. The number of hydrogen-bond acceptors (Lipinski definition) is 5. The summed E-state index contributed by atoms with van der Waals surface area (Å²) in [6.07, 6.45) is 12.4. The summed E-state index contributed by atoms with van der Waals surface area (Å²) < 4.78 is 5.83. The van der Waals surface area contributed by atoms with Crippen LogP contribution in [0.1, 0.15) is 57.8 Å². The number of ether oxygens (including phenoxy) is 1. The van der Waals surface area contributed by atoms with Crippen LogP contribution in [0.3, 0.4) is 0 Å². The first kappa shape index (κ1) is 25.9. The molecule has 0 aromatic heterocycles. The van der Waals surface area contributed by atoms with Crippen molar-refractivity contribution in [3.63, 3.8) is 0 Å². The molecule has 28 heavy (non-hydrogen) atoms. The average Bonchev–Trinajstić information content (AvgIpc) is 2.53. The summed E-state index contributed by atoms with van der Waals surface area (Å²) in [5, 5.41) is 19.3. The lowest BCUT2D eigenvalue weighted by molar-refractivity contribution is -0.873. The molecule has 0 aliphatic heterocycles. The Labute approximate surface area is 168 Å². The maximum atomic E-state index is 11.9. The van der Waals surface area contributed by atoms with Crippen molar-refractivity contribution in [1.29, 1.82) is 0 Å². The van der Waals surface area contributed by atoms with Gasteiger partial charge in [-0.2, -0.15) is 0 Å². The minimum atomic E-state index is -1.21. The van der Waals surface area contributed by atoms with E-state index in [1.54, 1.807) is 12.2 Å². The van der Waals surface area contributed by atoms with Gasteiger partial charge in [0.1, 0.15) is 6.54 Å². The van der Waals surface area contributed by atoms with Gasteiger partial charge >= 0.3 is 11.9 Å². The van der Waals surface area contributed by atoms with Crippen molar-refractivity contribution in [3.8, 4) is 0 Å². The number of likely N-dealkylation sites (N-methyl/N-ethyl adjacent to an activating group) is 1. The molecule has 0 radical (unpaired) electrons. The van der Waals surface area contributed by atoms with Gasteiger partial charge in [0, 0.05) is 18.8 Å². The maximum absolute atomic E-state index is 11.9. The number of quaternary nitrogens is 1. The average molecular weight is 398 g/mol. The molecule has 0 saturated carbocycles.